The third-order valence-electron chi connectivity index (χ3n) is 5.97. The van der Waals surface area contributed by atoms with Crippen LogP contribution in [0.3, 0.4) is 0 Å². The number of carbonyl (C=O) groups is 2. The third kappa shape index (κ3) is 52.2. The van der Waals surface area contributed by atoms with Crippen LogP contribution in [0.15, 0.2) is 0 Å². The number of carbonyl (C=O) groups excluding carboxylic acids is 2. The van der Waals surface area contributed by atoms with Crippen molar-refractivity contribution in [1.29, 1.82) is 0 Å². The number of hydrogen-bond donors (Lipinski definition) is 0. The first-order chi connectivity index (χ1) is 15.5. The summed E-state index contributed by atoms with van der Waals surface area (Å²) in [6.07, 6.45) is 28.1. The molecule has 0 bridgehead atoms. The van der Waals surface area contributed by atoms with Gasteiger partial charge in [0.25, 0.3) is 0 Å². The molecule has 0 amide bonds. The first kappa shape index (κ1) is 45.8. The molecule has 0 radical (unpaired) electrons. The molecule has 7 heteroatoms. The van der Waals surface area contributed by atoms with Gasteiger partial charge in [-0.25, -0.2) is 0 Å². The molecular formula is C28H56Na2O5. The number of carboxylic acids is 2. The molecule has 0 aromatic heterocycles. The van der Waals surface area contributed by atoms with Gasteiger partial charge in [-0.1, -0.05) is 142 Å². The summed E-state index contributed by atoms with van der Waals surface area (Å²) >= 11 is 0. The van der Waals surface area contributed by atoms with Crippen LogP contribution in [-0.2, 0) is 9.59 Å². The van der Waals surface area contributed by atoms with Gasteiger partial charge in [-0.05, 0) is 25.7 Å². The van der Waals surface area contributed by atoms with Gasteiger partial charge in [0.15, 0.2) is 0 Å². The topological polar surface area (TPSA) is 112 Å². The number of hydrogen-bond acceptors (Lipinski definition) is 4. The minimum atomic E-state index is -0.907. The molecule has 0 aliphatic heterocycles. The van der Waals surface area contributed by atoms with Crippen molar-refractivity contribution in [3.05, 3.63) is 0 Å². The van der Waals surface area contributed by atoms with E-state index >= 15 is 0 Å². The Hall–Kier alpha value is 0.900. The zero-order valence-electron chi connectivity index (χ0n) is 24.1. The van der Waals surface area contributed by atoms with E-state index in [2.05, 4.69) is 13.8 Å². The Balaban J connectivity index is -0.000000158. The molecule has 0 spiro atoms. The van der Waals surface area contributed by atoms with E-state index in [1.54, 1.807) is 0 Å². The minimum Gasteiger partial charge on any atom is -0.550 e. The Morgan fingerprint density at radius 1 is 0.400 bits per heavy atom. The van der Waals surface area contributed by atoms with Crippen molar-refractivity contribution in [3.8, 4) is 0 Å². The summed E-state index contributed by atoms with van der Waals surface area (Å²) in [5.74, 6) is -1.81. The molecule has 0 aliphatic carbocycles. The molecule has 0 unspecified atom stereocenters. The monoisotopic (exact) mass is 518 g/mol. The van der Waals surface area contributed by atoms with Crippen LogP contribution >= 0.6 is 0 Å². The van der Waals surface area contributed by atoms with E-state index in [1.165, 1.54) is 116 Å². The summed E-state index contributed by atoms with van der Waals surface area (Å²) in [7, 11) is 0. The Morgan fingerprint density at radius 3 is 0.743 bits per heavy atom. The van der Waals surface area contributed by atoms with Crippen LogP contribution in [0.4, 0.5) is 0 Å². The average molecular weight is 519 g/mol. The van der Waals surface area contributed by atoms with Crippen LogP contribution in [0.5, 0.6) is 0 Å². The van der Waals surface area contributed by atoms with E-state index < -0.39 is 11.9 Å². The molecule has 0 saturated carbocycles. The summed E-state index contributed by atoms with van der Waals surface area (Å²) in [4.78, 5) is 20.3. The van der Waals surface area contributed by atoms with Crippen molar-refractivity contribution in [3.63, 3.8) is 0 Å². The maximum Gasteiger partial charge on any atom is 1.00 e. The number of rotatable bonds is 24. The molecular weight excluding hydrogens is 462 g/mol. The molecule has 200 valence electrons. The molecule has 2 N–H and O–H groups in total. The standard InChI is InChI=1S/2C14H28O2.2Na.H2O/c2*1-2-3-4-5-6-7-8-9-10-11-12-13-14(15)16;;;/h2*2-13H2,1H3,(H,15,16);;;1H2/q;;2*+1;/p-2. The van der Waals surface area contributed by atoms with Gasteiger partial charge in [0.2, 0.25) is 0 Å². The summed E-state index contributed by atoms with van der Waals surface area (Å²) in [6, 6.07) is 0. The van der Waals surface area contributed by atoms with Gasteiger partial charge >= 0.3 is 59.1 Å². The third-order valence-corrected chi connectivity index (χ3v) is 5.97. The van der Waals surface area contributed by atoms with Crippen molar-refractivity contribution in [1.82, 2.24) is 0 Å². The average Bonchev–Trinajstić information content (AvgIpc) is 2.76. The Morgan fingerprint density at radius 2 is 0.571 bits per heavy atom. The van der Waals surface area contributed by atoms with E-state index in [9.17, 15) is 19.8 Å². The molecule has 0 rings (SSSR count). The quantitative estimate of drug-likeness (QED) is 0.133. The zero-order valence-corrected chi connectivity index (χ0v) is 28.1. The van der Waals surface area contributed by atoms with Crippen molar-refractivity contribution >= 4 is 11.9 Å². The number of carboxylic acid groups (broad SMARTS) is 2. The molecule has 0 fully saturated rings. The van der Waals surface area contributed by atoms with E-state index in [1.807, 2.05) is 0 Å². The molecule has 0 atom stereocenters. The van der Waals surface area contributed by atoms with Crippen molar-refractivity contribution in [2.45, 2.75) is 168 Å². The van der Waals surface area contributed by atoms with Crippen molar-refractivity contribution in [2.75, 3.05) is 0 Å². The van der Waals surface area contributed by atoms with Gasteiger partial charge in [-0.15, -0.1) is 0 Å². The predicted octanol–water partition coefficient (Wildman–Crippen LogP) is 0.0581. The Labute approximate surface area is 262 Å². The van der Waals surface area contributed by atoms with Gasteiger partial charge in [0.1, 0.15) is 0 Å². The smallest absolute Gasteiger partial charge is 0.550 e. The van der Waals surface area contributed by atoms with Gasteiger partial charge < -0.3 is 25.3 Å². The normalized spacial score (nSPS) is 9.66. The van der Waals surface area contributed by atoms with Crippen LogP contribution in [-0.4, -0.2) is 17.4 Å². The minimum absolute atomic E-state index is 0. The largest absolute Gasteiger partial charge is 1.00 e. The van der Waals surface area contributed by atoms with Gasteiger partial charge in [-0.2, -0.15) is 0 Å². The van der Waals surface area contributed by atoms with Crippen molar-refractivity contribution in [2.24, 2.45) is 0 Å². The molecule has 5 nitrogen and oxygen atoms in total. The fraction of sp³-hybridized carbons (Fsp3) is 0.929. The predicted molar refractivity (Wildman–Crippen MR) is 136 cm³/mol. The first-order valence-corrected chi connectivity index (χ1v) is 13.9. The van der Waals surface area contributed by atoms with Crippen LogP contribution in [0.2, 0.25) is 0 Å². The van der Waals surface area contributed by atoms with Gasteiger partial charge in [0.05, 0.1) is 0 Å². The second-order valence-electron chi connectivity index (χ2n) is 9.32. The molecule has 0 aromatic rings. The van der Waals surface area contributed by atoms with Gasteiger partial charge in [0, 0.05) is 11.9 Å². The second-order valence-corrected chi connectivity index (χ2v) is 9.32. The molecule has 35 heavy (non-hydrogen) atoms. The van der Waals surface area contributed by atoms with Crippen LogP contribution in [0, 0.1) is 0 Å². The molecule has 0 heterocycles. The molecule has 0 aromatic carbocycles. The zero-order chi connectivity index (χ0) is 24.1. The Kier molecular flexibility index (Phi) is 55.0. The van der Waals surface area contributed by atoms with E-state index in [4.69, 9.17) is 0 Å². The Bertz CT molecular complexity index is 360. The number of aliphatic carboxylic acids is 2. The second kappa shape index (κ2) is 42.0. The summed E-state index contributed by atoms with van der Waals surface area (Å²) < 4.78 is 0. The first-order valence-electron chi connectivity index (χ1n) is 13.9. The van der Waals surface area contributed by atoms with Crippen LogP contribution in [0.1, 0.15) is 168 Å². The van der Waals surface area contributed by atoms with Crippen molar-refractivity contribution < 1.29 is 84.4 Å². The maximum absolute atomic E-state index is 10.1. The van der Waals surface area contributed by atoms with Crippen LogP contribution in [0.25, 0.3) is 0 Å². The summed E-state index contributed by atoms with van der Waals surface area (Å²) in [5, 5.41) is 20.3. The summed E-state index contributed by atoms with van der Waals surface area (Å²) in [5.41, 5.74) is 0. The SMILES string of the molecule is CCCCCCCCCCCCCC(=O)[O-].CCCCCCCCCCCCCC(=O)[O-].O.[Na+].[Na+]. The van der Waals surface area contributed by atoms with E-state index in [-0.39, 0.29) is 77.4 Å². The number of unbranched alkanes of at least 4 members (excludes halogenated alkanes) is 20. The van der Waals surface area contributed by atoms with E-state index in [0.29, 0.717) is 0 Å². The van der Waals surface area contributed by atoms with Gasteiger partial charge in [-0.3, -0.25) is 0 Å². The fourth-order valence-electron chi connectivity index (χ4n) is 3.87. The summed E-state index contributed by atoms with van der Waals surface area (Å²) in [6.45, 7) is 4.49. The fourth-order valence-corrected chi connectivity index (χ4v) is 3.87. The maximum atomic E-state index is 10.1. The van der Waals surface area contributed by atoms with Crippen LogP contribution < -0.4 is 69.3 Å². The molecule has 0 saturated heterocycles. The van der Waals surface area contributed by atoms with E-state index in [0.717, 1.165) is 25.7 Å². The molecule has 0 aliphatic rings.